The molecule has 0 bridgehead atoms. The van der Waals surface area contributed by atoms with E-state index in [4.69, 9.17) is 10.5 Å². The van der Waals surface area contributed by atoms with Gasteiger partial charge in [0.2, 0.25) is 0 Å². The zero-order chi connectivity index (χ0) is 25.8. The van der Waals surface area contributed by atoms with Crippen LogP contribution in [0.3, 0.4) is 0 Å². The van der Waals surface area contributed by atoms with Crippen molar-refractivity contribution in [2.45, 2.75) is 6.04 Å². The molecule has 1 amide bonds. The van der Waals surface area contributed by atoms with Crippen molar-refractivity contribution in [3.05, 3.63) is 77.0 Å². The molecule has 0 saturated heterocycles. The van der Waals surface area contributed by atoms with Gasteiger partial charge in [0.25, 0.3) is 5.91 Å². The van der Waals surface area contributed by atoms with E-state index in [-0.39, 0.29) is 24.0 Å². The van der Waals surface area contributed by atoms with E-state index in [1.165, 1.54) is 17.0 Å². The van der Waals surface area contributed by atoms with Crippen LogP contribution in [0.15, 0.2) is 48.8 Å². The molecule has 37 heavy (non-hydrogen) atoms. The number of hydrogen-bond donors (Lipinski definition) is 1. The highest BCUT2D eigenvalue weighted by molar-refractivity contribution is 6.10. The van der Waals surface area contributed by atoms with Crippen LogP contribution in [-0.2, 0) is 14.1 Å². The Kier molecular flexibility index (Phi) is 5.08. The van der Waals surface area contributed by atoms with Crippen molar-refractivity contribution < 1.29 is 13.9 Å². The molecule has 5 aromatic rings. The van der Waals surface area contributed by atoms with Crippen LogP contribution in [0.2, 0.25) is 0 Å². The number of nitrogens with two attached hydrogens (primary N) is 1. The van der Waals surface area contributed by atoms with Crippen LogP contribution in [0.1, 0.15) is 33.2 Å². The Balaban J connectivity index is 1.32. The van der Waals surface area contributed by atoms with Gasteiger partial charge >= 0.3 is 0 Å². The fraction of sp³-hybridized carbons (Fsp3) is 0.185. The number of hydrogen-bond acceptors (Lipinski definition) is 6. The molecule has 0 radical (unpaired) electrons. The number of nitrogens with zero attached hydrogens (tertiary/aromatic N) is 6. The summed E-state index contributed by atoms with van der Waals surface area (Å²) in [6.45, 7) is 0.258. The van der Waals surface area contributed by atoms with Gasteiger partial charge in [-0.1, -0.05) is 12.0 Å². The van der Waals surface area contributed by atoms with Crippen LogP contribution in [0.25, 0.3) is 21.8 Å². The van der Waals surface area contributed by atoms with Crippen LogP contribution in [0, 0.1) is 17.7 Å². The van der Waals surface area contributed by atoms with Gasteiger partial charge in [-0.3, -0.25) is 14.2 Å². The summed E-state index contributed by atoms with van der Waals surface area (Å²) in [4.78, 5) is 19.3. The first-order valence-corrected chi connectivity index (χ1v) is 11.6. The quantitative estimate of drug-likeness (QED) is 0.377. The van der Waals surface area contributed by atoms with Crippen LogP contribution in [0.5, 0.6) is 5.75 Å². The Morgan fingerprint density at radius 3 is 2.81 bits per heavy atom. The minimum Gasteiger partial charge on any atom is -0.491 e. The molecule has 1 aliphatic heterocycles. The van der Waals surface area contributed by atoms with Crippen molar-refractivity contribution >= 4 is 33.5 Å². The van der Waals surface area contributed by atoms with Gasteiger partial charge < -0.3 is 15.4 Å². The number of likely N-dealkylation sites (N-methyl/N-ethyl adjacent to an activating group) is 1. The van der Waals surface area contributed by atoms with Crippen LogP contribution in [-0.4, -0.2) is 49.0 Å². The smallest absolute Gasteiger partial charge is 0.257 e. The van der Waals surface area contributed by atoms with Gasteiger partial charge in [0.1, 0.15) is 29.7 Å². The largest absolute Gasteiger partial charge is 0.491 e. The van der Waals surface area contributed by atoms with Crippen molar-refractivity contribution in [2.24, 2.45) is 14.1 Å². The highest BCUT2D eigenvalue weighted by atomic mass is 19.1. The molecule has 4 heterocycles. The summed E-state index contributed by atoms with van der Waals surface area (Å²) in [5.74, 6) is 5.88. The summed E-state index contributed by atoms with van der Waals surface area (Å²) in [6.07, 6.45) is 3.44. The number of fused-ring (bicyclic) bond motifs is 4. The van der Waals surface area contributed by atoms with Crippen LogP contribution < -0.4 is 10.5 Å². The molecule has 1 atom stereocenters. The number of halogens is 1. The number of rotatable bonds is 2. The summed E-state index contributed by atoms with van der Waals surface area (Å²) in [6, 6.07) is 9.83. The second-order valence-corrected chi connectivity index (χ2v) is 9.00. The molecule has 0 spiro atoms. The average molecular weight is 496 g/mol. The molecule has 1 aliphatic rings. The van der Waals surface area contributed by atoms with Crippen LogP contribution >= 0.6 is 0 Å². The third-order valence-electron chi connectivity index (χ3n) is 6.63. The fourth-order valence-corrected chi connectivity index (χ4v) is 4.68. The molecule has 1 unspecified atom stereocenters. The molecule has 2 aromatic carbocycles. The molecule has 0 saturated carbocycles. The molecule has 2 N–H and O–H groups in total. The Bertz CT molecular complexity index is 1790. The maximum atomic E-state index is 15.1. The lowest BCUT2D eigenvalue weighted by Crippen LogP contribution is -2.32. The van der Waals surface area contributed by atoms with Gasteiger partial charge in [-0.15, -0.1) is 0 Å². The molecule has 9 nitrogen and oxygen atoms in total. The maximum absolute atomic E-state index is 15.1. The third-order valence-corrected chi connectivity index (χ3v) is 6.63. The molecular weight excluding hydrogens is 473 g/mol. The normalized spacial score (nSPS) is 14.3. The first-order valence-electron chi connectivity index (χ1n) is 11.6. The summed E-state index contributed by atoms with van der Waals surface area (Å²) in [7, 11) is 5.24. The van der Waals surface area contributed by atoms with Gasteiger partial charge in [0.15, 0.2) is 0 Å². The molecule has 184 valence electrons. The molecule has 6 rings (SSSR count). The number of nitrogen functional groups attached to an aromatic ring is 1. The lowest BCUT2D eigenvalue weighted by atomic mass is 10.0. The Labute approximate surface area is 211 Å². The Hall–Kier alpha value is -4.91. The number of anilines is 1. The fourth-order valence-electron chi connectivity index (χ4n) is 4.68. The van der Waals surface area contributed by atoms with E-state index in [0.717, 1.165) is 11.1 Å². The van der Waals surface area contributed by atoms with Gasteiger partial charge in [-0.25, -0.2) is 9.37 Å². The standard InChI is InChI=1S/C27H22FN7O2/c1-33-9-8-16(32-33)6-4-15-5-7-17-23(14-37-24(17)10-15)34(2)27(36)18-11-19-22(12-21(18)28)31-26(29)20-13-30-35(3)25(19)20/h5,7-13,23H,14H2,1-3H3,(H2,29,31). The highest BCUT2D eigenvalue weighted by Gasteiger charge is 2.32. The zero-order valence-corrected chi connectivity index (χ0v) is 20.4. The summed E-state index contributed by atoms with van der Waals surface area (Å²) >= 11 is 0. The van der Waals surface area contributed by atoms with Crippen molar-refractivity contribution in [3.63, 3.8) is 0 Å². The van der Waals surface area contributed by atoms with E-state index >= 15 is 4.39 Å². The summed E-state index contributed by atoms with van der Waals surface area (Å²) in [5.41, 5.74) is 9.30. The van der Waals surface area contributed by atoms with E-state index in [0.29, 0.717) is 33.2 Å². The van der Waals surface area contributed by atoms with Gasteiger partial charge in [0.05, 0.1) is 34.2 Å². The van der Waals surface area contributed by atoms with Gasteiger partial charge in [-0.2, -0.15) is 10.2 Å². The van der Waals surface area contributed by atoms with E-state index in [9.17, 15) is 4.79 Å². The van der Waals surface area contributed by atoms with Gasteiger partial charge in [-0.05, 0) is 30.2 Å². The average Bonchev–Trinajstić information content (AvgIpc) is 3.60. The van der Waals surface area contributed by atoms with E-state index < -0.39 is 11.7 Å². The lowest BCUT2D eigenvalue weighted by molar-refractivity contribution is 0.0704. The Morgan fingerprint density at radius 1 is 1.19 bits per heavy atom. The summed E-state index contributed by atoms with van der Waals surface area (Å²) in [5, 5.41) is 9.74. The van der Waals surface area contributed by atoms with Crippen molar-refractivity contribution in [3.8, 4) is 17.6 Å². The number of amides is 1. The minimum atomic E-state index is -0.669. The van der Waals surface area contributed by atoms with Gasteiger partial charge in [0, 0.05) is 49.9 Å². The number of aromatic nitrogens is 5. The second-order valence-electron chi connectivity index (χ2n) is 9.00. The minimum absolute atomic E-state index is 0.0598. The molecule has 0 fully saturated rings. The third kappa shape index (κ3) is 3.72. The molecule has 0 aliphatic carbocycles. The molecule has 10 heteroatoms. The first kappa shape index (κ1) is 22.5. The van der Waals surface area contributed by atoms with E-state index in [1.807, 2.05) is 37.5 Å². The van der Waals surface area contributed by atoms with E-state index in [2.05, 4.69) is 27.0 Å². The number of ether oxygens (including phenoxy) is 1. The predicted molar refractivity (Wildman–Crippen MR) is 136 cm³/mol. The van der Waals surface area contributed by atoms with Crippen molar-refractivity contribution in [1.29, 1.82) is 0 Å². The lowest BCUT2D eigenvalue weighted by Gasteiger charge is -2.24. The highest BCUT2D eigenvalue weighted by Crippen LogP contribution is 2.37. The second kappa shape index (κ2) is 8.34. The number of pyridine rings is 1. The monoisotopic (exact) mass is 495 g/mol. The topological polar surface area (TPSA) is 104 Å². The predicted octanol–water partition coefficient (Wildman–Crippen LogP) is 3.18. The van der Waals surface area contributed by atoms with Crippen LogP contribution in [0.4, 0.5) is 10.2 Å². The van der Waals surface area contributed by atoms with E-state index in [1.54, 1.807) is 29.7 Å². The first-order chi connectivity index (χ1) is 17.8. The molecular formula is C27H22FN7O2. The Morgan fingerprint density at radius 2 is 2.03 bits per heavy atom. The number of carbonyl (C=O) groups excluding carboxylic acids is 1. The zero-order valence-electron chi connectivity index (χ0n) is 20.4. The van der Waals surface area contributed by atoms with Crippen molar-refractivity contribution in [1.82, 2.24) is 29.4 Å². The number of carbonyl (C=O) groups is 1. The summed E-state index contributed by atoms with van der Waals surface area (Å²) < 4.78 is 24.4. The number of benzene rings is 2. The van der Waals surface area contributed by atoms with Crippen molar-refractivity contribution in [2.75, 3.05) is 19.4 Å². The number of aryl methyl sites for hydroxylation is 2. The SMILES string of the molecule is CN(C(=O)c1cc2c(cc1F)nc(N)c1cnn(C)c12)C1COc2cc(C#Cc3ccn(C)n3)ccc21. The molecule has 3 aromatic heterocycles. The maximum Gasteiger partial charge on any atom is 0.257 e.